The minimum absolute atomic E-state index is 0.178. The Morgan fingerprint density at radius 1 is 1.47 bits per heavy atom. The van der Waals surface area contributed by atoms with Crippen LogP contribution in [-0.2, 0) is 4.79 Å². The molecule has 1 atom stereocenters. The predicted molar refractivity (Wildman–Crippen MR) is 77.2 cm³/mol. The van der Waals surface area contributed by atoms with Crippen molar-refractivity contribution in [2.75, 3.05) is 5.32 Å². The summed E-state index contributed by atoms with van der Waals surface area (Å²) in [6.45, 7) is 1.89. The lowest BCUT2D eigenvalue weighted by Gasteiger charge is -2.14. The largest absolute Gasteiger partial charge is 0.479 e. The number of anilines is 1. The number of para-hydroxylation sites is 1. The highest BCUT2D eigenvalue weighted by Crippen LogP contribution is 2.32. The van der Waals surface area contributed by atoms with Gasteiger partial charge < -0.3 is 10.4 Å². The standard InChI is InChI=1S/C13H11BrFNO2S/c1-7-8(14)6-11(19-7)12(13(17)18)16-10-5-3-2-4-9(10)15/h2-6,12,16H,1H3,(H,17,18). The van der Waals surface area contributed by atoms with Gasteiger partial charge in [-0.2, -0.15) is 0 Å². The molecule has 0 radical (unpaired) electrons. The molecule has 1 heterocycles. The van der Waals surface area contributed by atoms with Crippen LogP contribution in [0.2, 0.25) is 0 Å². The quantitative estimate of drug-likeness (QED) is 0.874. The number of aliphatic carboxylic acids is 1. The van der Waals surface area contributed by atoms with E-state index in [0.29, 0.717) is 4.88 Å². The maximum Gasteiger partial charge on any atom is 0.331 e. The topological polar surface area (TPSA) is 49.3 Å². The lowest BCUT2D eigenvalue weighted by molar-refractivity contribution is -0.138. The summed E-state index contributed by atoms with van der Waals surface area (Å²) < 4.78 is 14.4. The Bertz CT molecular complexity index is 595. The molecule has 1 aromatic heterocycles. The maximum atomic E-state index is 13.6. The number of halogens is 2. The number of rotatable bonds is 4. The first-order valence-corrected chi connectivity index (χ1v) is 7.09. The second-order valence-electron chi connectivity index (χ2n) is 3.95. The van der Waals surface area contributed by atoms with Gasteiger partial charge >= 0.3 is 5.97 Å². The number of aryl methyl sites for hydroxylation is 1. The van der Waals surface area contributed by atoms with Gasteiger partial charge in [-0.3, -0.25) is 0 Å². The van der Waals surface area contributed by atoms with Crippen LogP contribution in [0.3, 0.4) is 0 Å². The number of hydrogen-bond donors (Lipinski definition) is 2. The van der Waals surface area contributed by atoms with Gasteiger partial charge in [0, 0.05) is 14.2 Å². The smallest absolute Gasteiger partial charge is 0.331 e. The summed E-state index contributed by atoms with van der Waals surface area (Å²) >= 11 is 4.71. The second-order valence-corrected chi connectivity index (χ2v) is 6.09. The third-order valence-corrected chi connectivity index (χ3v) is 4.78. The van der Waals surface area contributed by atoms with E-state index >= 15 is 0 Å². The summed E-state index contributed by atoms with van der Waals surface area (Å²) in [4.78, 5) is 13.0. The Morgan fingerprint density at radius 3 is 2.68 bits per heavy atom. The van der Waals surface area contributed by atoms with Crippen LogP contribution in [0.15, 0.2) is 34.8 Å². The van der Waals surface area contributed by atoms with Crippen LogP contribution in [0.25, 0.3) is 0 Å². The van der Waals surface area contributed by atoms with Gasteiger partial charge in [-0.25, -0.2) is 9.18 Å². The van der Waals surface area contributed by atoms with Crippen molar-refractivity contribution in [3.05, 3.63) is 50.4 Å². The zero-order valence-electron chi connectivity index (χ0n) is 9.98. The fraction of sp³-hybridized carbons (Fsp3) is 0.154. The molecule has 100 valence electrons. The number of benzene rings is 1. The number of carbonyl (C=O) groups is 1. The molecule has 0 aliphatic heterocycles. The molecule has 3 nitrogen and oxygen atoms in total. The number of carboxylic acids is 1. The van der Waals surface area contributed by atoms with E-state index in [1.54, 1.807) is 18.2 Å². The van der Waals surface area contributed by atoms with E-state index in [0.717, 1.165) is 9.35 Å². The zero-order chi connectivity index (χ0) is 14.0. The summed E-state index contributed by atoms with van der Waals surface area (Å²) in [7, 11) is 0. The molecule has 0 fully saturated rings. The van der Waals surface area contributed by atoms with E-state index in [9.17, 15) is 14.3 Å². The average Bonchev–Trinajstić information content (AvgIpc) is 2.68. The molecule has 2 N–H and O–H groups in total. The van der Waals surface area contributed by atoms with Crippen LogP contribution in [-0.4, -0.2) is 11.1 Å². The molecule has 0 aliphatic rings. The molecule has 0 bridgehead atoms. The zero-order valence-corrected chi connectivity index (χ0v) is 12.4. The predicted octanol–water partition coefficient (Wildman–Crippen LogP) is 4.20. The van der Waals surface area contributed by atoms with Gasteiger partial charge in [-0.05, 0) is 41.1 Å². The Kier molecular flexibility index (Phi) is 4.21. The molecule has 19 heavy (non-hydrogen) atoms. The molecule has 6 heteroatoms. The van der Waals surface area contributed by atoms with Crippen LogP contribution < -0.4 is 5.32 Å². The monoisotopic (exact) mass is 343 g/mol. The van der Waals surface area contributed by atoms with Gasteiger partial charge in [0.15, 0.2) is 6.04 Å². The molecule has 0 saturated carbocycles. The van der Waals surface area contributed by atoms with Crippen LogP contribution in [0.1, 0.15) is 15.8 Å². The highest BCUT2D eigenvalue weighted by molar-refractivity contribution is 9.10. The molecule has 0 saturated heterocycles. The number of carboxylic acid groups (broad SMARTS) is 1. The molecule has 2 aromatic rings. The maximum absolute atomic E-state index is 13.6. The van der Waals surface area contributed by atoms with Gasteiger partial charge in [-0.1, -0.05) is 12.1 Å². The van der Waals surface area contributed by atoms with E-state index in [-0.39, 0.29) is 5.69 Å². The summed E-state index contributed by atoms with van der Waals surface area (Å²) in [5.74, 6) is -1.52. The summed E-state index contributed by atoms with van der Waals surface area (Å²) in [6, 6.07) is 6.79. The van der Waals surface area contributed by atoms with Crippen LogP contribution in [0.4, 0.5) is 10.1 Å². The van der Waals surface area contributed by atoms with Crippen molar-refractivity contribution in [2.24, 2.45) is 0 Å². The lowest BCUT2D eigenvalue weighted by atomic mass is 10.2. The average molecular weight is 344 g/mol. The van der Waals surface area contributed by atoms with E-state index in [4.69, 9.17) is 0 Å². The third kappa shape index (κ3) is 3.13. The highest BCUT2D eigenvalue weighted by atomic mass is 79.9. The molecule has 1 unspecified atom stereocenters. The Balaban J connectivity index is 2.32. The summed E-state index contributed by atoms with van der Waals surface area (Å²) in [5, 5.41) is 12.0. The van der Waals surface area contributed by atoms with E-state index in [2.05, 4.69) is 21.2 Å². The highest BCUT2D eigenvalue weighted by Gasteiger charge is 2.23. The third-order valence-electron chi connectivity index (χ3n) is 2.58. The van der Waals surface area contributed by atoms with Crippen molar-refractivity contribution in [3.8, 4) is 0 Å². The second kappa shape index (κ2) is 5.71. The number of thiophene rings is 1. The van der Waals surface area contributed by atoms with Crippen LogP contribution in [0, 0.1) is 12.7 Å². The van der Waals surface area contributed by atoms with Crippen LogP contribution in [0.5, 0.6) is 0 Å². The fourth-order valence-corrected chi connectivity index (χ4v) is 3.22. The van der Waals surface area contributed by atoms with Crippen molar-refractivity contribution in [3.63, 3.8) is 0 Å². The first-order chi connectivity index (χ1) is 8.99. The van der Waals surface area contributed by atoms with Crippen LogP contribution >= 0.6 is 27.3 Å². The molecule has 0 amide bonds. The van der Waals surface area contributed by atoms with Gasteiger partial charge in [0.25, 0.3) is 0 Å². The van der Waals surface area contributed by atoms with Gasteiger partial charge in [0.2, 0.25) is 0 Å². The summed E-state index contributed by atoms with van der Waals surface area (Å²) in [5.41, 5.74) is 0.178. The van der Waals surface area contributed by atoms with Gasteiger partial charge in [0.1, 0.15) is 5.82 Å². The Labute approximate surface area is 122 Å². The van der Waals surface area contributed by atoms with E-state index in [1.807, 2.05) is 6.92 Å². The lowest BCUT2D eigenvalue weighted by Crippen LogP contribution is -2.20. The van der Waals surface area contributed by atoms with Crippen molar-refractivity contribution in [1.29, 1.82) is 0 Å². The minimum atomic E-state index is -1.04. The minimum Gasteiger partial charge on any atom is -0.479 e. The molecule has 0 aliphatic carbocycles. The van der Waals surface area contributed by atoms with Crippen molar-refractivity contribution in [2.45, 2.75) is 13.0 Å². The Hall–Kier alpha value is -1.40. The molecular weight excluding hydrogens is 333 g/mol. The molecule has 2 rings (SSSR count). The SMILES string of the molecule is Cc1sc(C(Nc2ccccc2F)C(=O)O)cc1Br. The first kappa shape index (κ1) is 14.0. The molecule has 0 spiro atoms. The Morgan fingerprint density at radius 2 is 2.16 bits per heavy atom. The van der Waals surface area contributed by atoms with E-state index < -0.39 is 17.8 Å². The van der Waals surface area contributed by atoms with E-state index in [1.165, 1.54) is 23.5 Å². The fourth-order valence-electron chi connectivity index (χ4n) is 1.61. The van der Waals surface area contributed by atoms with Gasteiger partial charge in [0.05, 0.1) is 5.69 Å². The van der Waals surface area contributed by atoms with Gasteiger partial charge in [-0.15, -0.1) is 11.3 Å². The van der Waals surface area contributed by atoms with Crippen molar-refractivity contribution in [1.82, 2.24) is 0 Å². The first-order valence-electron chi connectivity index (χ1n) is 5.48. The molecular formula is C13H11BrFNO2S. The normalized spacial score (nSPS) is 12.2. The number of nitrogens with one attached hydrogen (secondary N) is 1. The molecule has 1 aromatic carbocycles. The van der Waals surface area contributed by atoms with Crippen molar-refractivity contribution >= 4 is 38.9 Å². The number of hydrogen-bond acceptors (Lipinski definition) is 3. The summed E-state index contributed by atoms with van der Waals surface area (Å²) in [6.07, 6.45) is 0. The van der Waals surface area contributed by atoms with Crippen molar-refractivity contribution < 1.29 is 14.3 Å².